The average Bonchev–Trinajstić information content (AvgIpc) is 3.03. The van der Waals surface area contributed by atoms with Gasteiger partial charge in [0.25, 0.3) is 11.8 Å². The lowest BCUT2D eigenvalue weighted by Crippen LogP contribution is -2.41. The van der Waals surface area contributed by atoms with Gasteiger partial charge >= 0.3 is 0 Å². The lowest BCUT2D eigenvalue weighted by Gasteiger charge is -2.23. The third-order valence-electron chi connectivity index (χ3n) is 3.37. The predicted molar refractivity (Wildman–Crippen MR) is 77.2 cm³/mol. The van der Waals surface area contributed by atoms with Gasteiger partial charge in [0, 0.05) is 12.5 Å². The van der Waals surface area contributed by atoms with Crippen molar-refractivity contribution in [2.45, 2.75) is 32.4 Å². The molecule has 0 aliphatic carbocycles. The number of amides is 2. The standard InChI is InChI=1S/C13H15N5O2S/c1-7-15-11-5-2-8(6-18(11)17-7)16-13(20)10-4-3-9(21-10)12(14)19/h3-4,8H,2,5-6H2,1H3,(H2,14,19)(H,16,20). The summed E-state index contributed by atoms with van der Waals surface area (Å²) in [5, 5.41) is 7.27. The van der Waals surface area contributed by atoms with Gasteiger partial charge in [-0.1, -0.05) is 0 Å². The number of fused-ring (bicyclic) bond motifs is 1. The van der Waals surface area contributed by atoms with Crippen LogP contribution in [0.3, 0.4) is 0 Å². The summed E-state index contributed by atoms with van der Waals surface area (Å²) < 4.78 is 1.84. The number of rotatable bonds is 3. The summed E-state index contributed by atoms with van der Waals surface area (Å²) in [6.45, 7) is 2.48. The van der Waals surface area contributed by atoms with E-state index in [4.69, 9.17) is 5.73 Å². The number of hydrogen-bond acceptors (Lipinski definition) is 5. The van der Waals surface area contributed by atoms with Crippen molar-refractivity contribution in [3.63, 3.8) is 0 Å². The van der Waals surface area contributed by atoms with Crippen LogP contribution in [-0.4, -0.2) is 32.6 Å². The van der Waals surface area contributed by atoms with E-state index in [1.807, 2.05) is 11.6 Å². The molecule has 21 heavy (non-hydrogen) atoms. The maximum Gasteiger partial charge on any atom is 0.261 e. The van der Waals surface area contributed by atoms with E-state index in [0.717, 1.165) is 35.8 Å². The van der Waals surface area contributed by atoms with Crippen molar-refractivity contribution in [2.24, 2.45) is 5.73 Å². The van der Waals surface area contributed by atoms with Crippen molar-refractivity contribution in [2.75, 3.05) is 0 Å². The topological polar surface area (TPSA) is 103 Å². The molecule has 0 fully saturated rings. The second-order valence-electron chi connectivity index (χ2n) is 4.99. The van der Waals surface area contributed by atoms with Crippen LogP contribution < -0.4 is 11.1 Å². The number of carbonyl (C=O) groups is 2. The van der Waals surface area contributed by atoms with Gasteiger partial charge in [-0.25, -0.2) is 9.67 Å². The predicted octanol–water partition coefficient (Wildman–Crippen LogP) is 0.492. The molecule has 0 saturated heterocycles. The Hall–Kier alpha value is -2.22. The molecule has 1 aliphatic rings. The van der Waals surface area contributed by atoms with Crippen molar-refractivity contribution < 1.29 is 9.59 Å². The Morgan fingerprint density at radius 3 is 2.90 bits per heavy atom. The molecule has 2 amide bonds. The molecular formula is C13H15N5O2S. The van der Waals surface area contributed by atoms with Crippen LogP contribution >= 0.6 is 11.3 Å². The van der Waals surface area contributed by atoms with E-state index in [-0.39, 0.29) is 11.9 Å². The fourth-order valence-electron chi connectivity index (χ4n) is 2.40. The van der Waals surface area contributed by atoms with Crippen molar-refractivity contribution in [1.29, 1.82) is 0 Å². The molecule has 3 N–H and O–H groups in total. The molecule has 0 aromatic carbocycles. The highest BCUT2D eigenvalue weighted by atomic mass is 32.1. The molecule has 7 nitrogen and oxygen atoms in total. The van der Waals surface area contributed by atoms with E-state index in [1.54, 1.807) is 12.1 Å². The molecule has 1 aliphatic heterocycles. The summed E-state index contributed by atoms with van der Waals surface area (Å²) in [5.74, 6) is 1.02. The van der Waals surface area contributed by atoms with Gasteiger partial charge in [0.05, 0.1) is 16.3 Å². The molecule has 1 unspecified atom stereocenters. The minimum atomic E-state index is -0.514. The summed E-state index contributed by atoms with van der Waals surface area (Å²) in [6.07, 6.45) is 1.63. The number of primary amides is 1. The van der Waals surface area contributed by atoms with Crippen molar-refractivity contribution >= 4 is 23.2 Å². The van der Waals surface area contributed by atoms with Crippen LogP contribution in [0.5, 0.6) is 0 Å². The fraction of sp³-hybridized carbons (Fsp3) is 0.385. The Bertz CT molecular complexity index is 705. The Labute approximate surface area is 125 Å². The zero-order chi connectivity index (χ0) is 15.0. The van der Waals surface area contributed by atoms with Gasteiger partial charge in [0.1, 0.15) is 11.6 Å². The first-order valence-electron chi connectivity index (χ1n) is 6.64. The Kier molecular flexibility index (Phi) is 3.46. The third kappa shape index (κ3) is 2.80. The van der Waals surface area contributed by atoms with Crippen molar-refractivity contribution in [3.8, 4) is 0 Å². The molecule has 0 radical (unpaired) electrons. The first-order chi connectivity index (χ1) is 10.0. The van der Waals surface area contributed by atoms with Crippen LogP contribution in [-0.2, 0) is 13.0 Å². The number of aryl methyl sites for hydroxylation is 2. The van der Waals surface area contributed by atoms with E-state index in [2.05, 4.69) is 15.4 Å². The van der Waals surface area contributed by atoms with E-state index in [9.17, 15) is 9.59 Å². The first-order valence-corrected chi connectivity index (χ1v) is 7.45. The van der Waals surface area contributed by atoms with E-state index in [0.29, 0.717) is 16.3 Å². The fourth-order valence-corrected chi connectivity index (χ4v) is 3.16. The number of nitrogens with two attached hydrogens (primary N) is 1. The summed E-state index contributed by atoms with van der Waals surface area (Å²) in [6, 6.07) is 3.21. The number of carbonyl (C=O) groups excluding carboxylic acids is 2. The Morgan fingerprint density at radius 1 is 1.43 bits per heavy atom. The van der Waals surface area contributed by atoms with Crippen LogP contribution in [0, 0.1) is 6.92 Å². The smallest absolute Gasteiger partial charge is 0.261 e. The quantitative estimate of drug-likeness (QED) is 0.861. The number of nitrogens with one attached hydrogen (secondary N) is 1. The number of aromatic nitrogens is 3. The molecule has 0 saturated carbocycles. The maximum absolute atomic E-state index is 12.2. The summed E-state index contributed by atoms with van der Waals surface area (Å²) in [7, 11) is 0. The molecule has 1 atom stereocenters. The highest BCUT2D eigenvalue weighted by Crippen LogP contribution is 2.17. The summed E-state index contributed by atoms with van der Waals surface area (Å²) in [4.78, 5) is 28.4. The molecule has 0 spiro atoms. The maximum atomic E-state index is 12.2. The summed E-state index contributed by atoms with van der Waals surface area (Å²) >= 11 is 1.11. The minimum absolute atomic E-state index is 0.0187. The minimum Gasteiger partial charge on any atom is -0.365 e. The highest BCUT2D eigenvalue weighted by molar-refractivity contribution is 7.15. The monoisotopic (exact) mass is 305 g/mol. The van der Waals surface area contributed by atoms with Gasteiger partial charge < -0.3 is 11.1 Å². The zero-order valence-corrected chi connectivity index (χ0v) is 12.3. The van der Waals surface area contributed by atoms with Gasteiger partial charge in [-0.3, -0.25) is 9.59 Å². The van der Waals surface area contributed by atoms with Crippen molar-refractivity contribution in [1.82, 2.24) is 20.1 Å². The second kappa shape index (κ2) is 5.28. The van der Waals surface area contributed by atoms with Gasteiger partial charge in [-0.2, -0.15) is 5.10 Å². The van der Waals surface area contributed by atoms with E-state index in [1.165, 1.54) is 0 Å². The molecule has 3 heterocycles. The molecule has 8 heteroatoms. The van der Waals surface area contributed by atoms with Crippen molar-refractivity contribution in [3.05, 3.63) is 33.5 Å². The Balaban J connectivity index is 1.66. The zero-order valence-electron chi connectivity index (χ0n) is 11.5. The normalized spacial score (nSPS) is 17.3. The van der Waals surface area contributed by atoms with Gasteiger partial charge in [0.2, 0.25) is 0 Å². The molecule has 2 aromatic rings. The Morgan fingerprint density at radius 2 is 2.19 bits per heavy atom. The van der Waals surface area contributed by atoms with Crippen LogP contribution in [0.2, 0.25) is 0 Å². The molecular weight excluding hydrogens is 290 g/mol. The van der Waals surface area contributed by atoms with Gasteiger partial charge in [-0.05, 0) is 25.5 Å². The first kappa shape index (κ1) is 13.7. The average molecular weight is 305 g/mol. The van der Waals surface area contributed by atoms with Gasteiger partial charge in [-0.15, -0.1) is 11.3 Å². The third-order valence-corrected chi connectivity index (χ3v) is 4.47. The van der Waals surface area contributed by atoms with E-state index < -0.39 is 5.91 Å². The lowest BCUT2D eigenvalue weighted by atomic mass is 10.1. The van der Waals surface area contributed by atoms with Crippen LogP contribution in [0.25, 0.3) is 0 Å². The SMILES string of the molecule is Cc1nc2n(n1)CC(NC(=O)c1ccc(C(N)=O)s1)CC2. The van der Waals surface area contributed by atoms with E-state index >= 15 is 0 Å². The van der Waals surface area contributed by atoms with Crippen LogP contribution in [0.1, 0.15) is 37.4 Å². The van der Waals surface area contributed by atoms with Crippen LogP contribution in [0.4, 0.5) is 0 Å². The lowest BCUT2D eigenvalue weighted by molar-refractivity contribution is 0.0929. The number of hydrogen-bond donors (Lipinski definition) is 2. The van der Waals surface area contributed by atoms with Gasteiger partial charge in [0.15, 0.2) is 0 Å². The summed E-state index contributed by atoms with van der Waals surface area (Å²) in [5.41, 5.74) is 5.19. The number of nitrogens with zero attached hydrogens (tertiary/aromatic N) is 3. The molecule has 0 bridgehead atoms. The van der Waals surface area contributed by atoms with Crippen LogP contribution in [0.15, 0.2) is 12.1 Å². The molecule has 2 aromatic heterocycles. The molecule has 110 valence electrons. The second-order valence-corrected chi connectivity index (χ2v) is 6.08. The highest BCUT2D eigenvalue weighted by Gasteiger charge is 2.23. The number of thiophene rings is 1. The molecule has 3 rings (SSSR count). The largest absolute Gasteiger partial charge is 0.365 e.